The van der Waals surface area contributed by atoms with Gasteiger partial charge in [0.05, 0.1) is 19.9 Å². The quantitative estimate of drug-likeness (QED) is 0.836. The maximum atomic E-state index is 12.2. The number of nitrogens with one attached hydrogen (secondary N) is 1. The van der Waals surface area contributed by atoms with Crippen LogP contribution < -0.4 is 20.5 Å². The lowest BCUT2D eigenvalue weighted by Gasteiger charge is -2.40. The fraction of sp³-hybridized carbons (Fsp3) is 0.533. The van der Waals surface area contributed by atoms with Crippen molar-refractivity contribution in [1.82, 2.24) is 0 Å². The minimum Gasteiger partial charge on any atom is -0.497 e. The summed E-state index contributed by atoms with van der Waals surface area (Å²) < 4.78 is 10.4. The van der Waals surface area contributed by atoms with Crippen LogP contribution in [0.1, 0.15) is 25.7 Å². The van der Waals surface area contributed by atoms with E-state index in [1.54, 1.807) is 32.4 Å². The van der Waals surface area contributed by atoms with E-state index in [2.05, 4.69) is 5.32 Å². The molecule has 110 valence electrons. The number of carbonyl (C=O) groups is 1. The Hall–Kier alpha value is -1.75. The third-order valence-corrected chi connectivity index (χ3v) is 4.06. The van der Waals surface area contributed by atoms with E-state index in [4.69, 9.17) is 15.2 Å². The summed E-state index contributed by atoms with van der Waals surface area (Å²) in [5.74, 6) is 1.27. The van der Waals surface area contributed by atoms with Crippen LogP contribution in [0.2, 0.25) is 0 Å². The van der Waals surface area contributed by atoms with E-state index in [1.807, 2.05) is 0 Å². The SMILES string of the molecule is COc1ccc(OC)c(NC(=O)CC2(CN)CCC2)c1. The highest BCUT2D eigenvalue weighted by molar-refractivity contribution is 5.93. The van der Waals surface area contributed by atoms with E-state index in [-0.39, 0.29) is 11.3 Å². The number of hydrogen-bond acceptors (Lipinski definition) is 4. The zero-order valence-electron chi connectivity index (χ0n) is 12.1. The van der Waals surface area contributed by atoms with Crippen LogP contribution >= 0.6 is 0 Å². The molecule has 1 aromatic carbocycles. The largest absolute Gasteiger partial charge is 0.497 e. The second-order valence-electron chi connectivity index (χ2n) is 5.35. The lowest BCUT2D eigenvalue weighted by molar-refractivity contribution is -0.119. The number of rotatable bonds is 6. The summed E-state index contributed by atoms with van der Waals surface area (Å²) in [5.41, 5.74) is 6.41. The minimum absolute atomic E-state index is 0.00378. The van der Waals surface area contributed by atoms with E-state index in [1.165, 1.54) is 0 Å². The summed E-state index contributed by atoms with van der Waals surface area (Å²) in [6.45, 7) is 0.565. The molecule has 1 aliphatic rings. The molecule has 0 spiro atoms. The molecule has 0 aliphatic heterocycles. The Morgan fingerprint density at radius 1 is 1.35 bits per heavy atom. The van der Waals surface area contributed by atoms with Gasteiger partial charge in [-0.15, -0.1) is 0 Å². The third-order valence-electron chi connectivity index (χ3n) is 4.06. The lowest BCUT2D eigenvalue weighted by atomic mass is 9.66. The van der Waals surface area contributed by atoms with Gasteiger partial charge >= 0.3 is 0 Å². The maximum absolute atomic E-state index is 12.2. The van der Waals surface area contributed by atoms with Crippen LogP contribution in [0.15, 0.2) is 18.2 Å². The summed E-state index contributed by atoms with van der Waals surface area (Å²) in [5, 5.41) is 2.89. The molecule has 0 bridgehead atoms. The van der Waals surface area contributed by atoms with Crippen molar-refractivity contribution in [3.05, 3.63) is 18.2 Å². The van der Waals surface area contributed by atoms with Crippen molar-refractivity contribution in [3.8, 4) is 11.5 Å². The van der Waals surface area contributed by atoms with Crippen molar-refractivity contribution in [2.45, 2.75) is 25.7 Å². The molecule has 1 saturated carbocycles. The van der Waals surface area contributed by atoms with E-state index < -0.39 is 0 Å². The zero-order chi connectivity index (χ0) is 14.6. The summed E-state index contributed by atoms with van der Waals surface area (Å²) in [4.78, 5) is 12.2. The molecular weight excluding hydrogens is 256 g/mol. The minimum atomic E-state index is -0.0262. The Bertz CT molecular complexity index is 478. The molecule has 1 fully saturated rings. The summed E-state index contributed by atoms with van der Waals surface area (Å²) in [6.07, 6.45) is 3.69. The smallest absolute Gasteiger partial charge is 0.225 e. The van der Waals surface area contributed by atoms with Gasteiger partial charge in [0, 0.05) is 12.5 Å². The van der Waals surface area contributed by atoms with Gasteiger partial charge in [-0.3, -0.25) is 4.79 Å². The fourth-order valence-electron chi connectivity index (χ4n) is 2.58. The van der Waals surface area contributed by atoms with Gasteiger partial charge in [-0.05, 0) is 36.9 Å². The molecule has 20 heavy (non-hydrogen) atoms. The number of nitrogens with two attached hydrogens (primary N) is 1. The molecule has 0 radical (unpaired) electrons. The van der Waals surface area contributed by atoms with Crippen molar-refractivity contribution in [3.63, 3.8) is 0 Å². The third kappa shape index (κ3) is 3.04. The average Bonchev–Trinajstić information content (AvgIpc) is 2.42. The molecule has 0 atom stereocenters. The molecule has 2 rings (SSSR count). The average molecular weight is 278 g/mol. The van der Waals surface area contributed by atoms with Crippen molar-refractivity contribution in [1.29, 1.82) is 0 Å². The Balaban J connectivity index is 2.06. The van der Waals surface area contributed by atoms with Crippen molar-refractivity contribution >= 4 is 11.6 Å². The second-order valence-corrected chi connectivity index (χ2v) is 5.35. The number of anilines is 1. The monoisotopic (exact) mass is 278 g/mol. The standard InChI is InChI=1S/C15H22N2O3/c1-19-11-4-5-13(20-2)12(8-11)17-14(18)9-15(10-16)6-3-7-15/h4-5,8H,3,6-7,9-10,16H2,1-2H3,(H,17,18). The van der Waals surface area contributed by atoms with Gasteiger partial charge in [0.25, 0.3) is 0 Å². The molecule has 0 unspecified atom stereocenters. The Morgan fingerprint density at radius 2 is 2.10 bits per heavy atom. The van der Waals surface area contributed by atoms with Crippen LogP contribution in [0.3, 0.4) is 0 Å². The van der Waals surface area contributed by atoms with E-state index in [0.29, 0.717) is 30.2 Å². The number of benzene rings is 1. The van der Waals surface area contributed by atoms with Crippen LogP contribution in [0, 0.1) is 5.41 Å². The van der Waals surface area contributed by atoms with Crippen LogP contribution in [-0.4, -0.2) is 26.7 Å². The van der Waals surface area contributed by atoms with Crippen molar-refractivity contribution < 1.29 is 14.3 Å². The first-order valence-corrected chi connectivity index (χ1v) is 6.84. The Morgan fingerprint density at radius 3 is 2.60 bits per heavy atom. The van der Waals surface area contributed by atoms with Gasteiger partial charge in [0.15, 0.2) is 0 Å². The fourth-order valence-corrected chi connectivity index (χ4v) is 2.58. The molecule has 0 aromatic heterocycles. The molecule has 1 amide bonds. The molecule has 0 saturated heterocycles. The normalized spacial score (nSPS) is 16.1. The molecule has 1 aliphatic carbocycles. The number of carbonyl (C=O) groups excluding carboxylic acids is 1. The number of hydrogen-bond donors (Lipinski definition) is 2. The second kappa shape index (κ2) is 6.13. The molecule has 3 N–H and O–H groups in total. The van der Waals surface area contributed by atoms with Crippen LogP contribution in [0.5, 0.6) is 11.5 Å². The topological polar surface area (TPSA) is 73.6 Å². The van der Waals surface area contributed by atoms with E-state index in [9.17, 15) is 4.79 Å². The van der Waals surface area contributed by atoms with Crippen LogP contribution in [-0.2, 0) is 4.79 Å². The van der Waals surface area contributed by atoms with Gasteiger partial charge < -0.3 is 20.5 Å². The summed E-state index contributed by atoms with van der Waals surface area (Å²) in [6, 6.07) is 5.32. The Kier molecular flexibility index (Phi) is 4.49. The molecule has 1 aromatic rings. The maximum Gasteiger partial charge on any atom is 0.225 e. The van der Waals surface area contributed by atoms with Crippen molar-refractivity contribution in [2.24, 2.45) is 11.1 Å². The molecule has 5 heteroatoms. The highest BCUT2D eigenvalue weighted by Gasteiger charge is 2.37. The van der Waals surface area contributed by atoms with Gasteiger partial charge in [-0.1, -0.05) is 6.42 Å². The highest BCUT2D eigenvalue weighted by Crippen LogP contribution is 2.43. The van der Waals surface area contributed by atoms with Gasteiger partial charge in [0.1, 0.15) is 11.5 Å². The summed E-state index contributed by atoms with van der Waals surface area (Å²) >= 11 is 0. The van der Waals surface area contributed by atoms with Crippen molar-refractivity contribution in [2.75, 3.05) is 26.1 Å². The number of methoxy groups -OCH3 is 2. The number of ether oxygens (including phenoxy) is 2. The van der Waals surface area contributed by atoms with E-state index in [0.717, 1.165) is 19.3 Å². The molecular formula is C15H22N2O3. The van der Waals surface area contributed by atoms with Gasteiger partial charge in [-0.2, -0.15) is 0 Å². The van der Waals surface area contributed by atoms with Crippen LogP contribution in [0.4, 0.5) is 5.69 Å². The summed E-state index contributed by atoms with van der Waals surface area (Å²) in [7, 11) is 3.16. The van der Waals surface area contributed by atoms with Gasteiger partial charge in [-0.25, -0.2) is 0 Å². The molecule has 0 heterocycles. The lowest BCUT2D eigenvalue weighted by Crippen LogP contribution is -2.40. The first kappa shape index (κ1) is 14.7. The zero-order valence-corrected chi connectivity index (χ0v) is 12.1. The molecule has 5 nitrogen and oxygen atoms in total. The van der Waals surface area contributed by atoms with Gasteiger partial charge in [0.2, 0.25) is 5.91 Å². The number of amides is 1. The first-order chi connectivity index (χ1) is 9.62. The predicted octanol–water partition coefficient (Wildman–Crippen LogP) is 2.16. The highest BCUT2D eigenvalue weighted by atomic mass is 16.5. The van der Waals surface area contributed by atoms with Crippen LogP contribution in [0.25, 0.3) is 0 Å². The first-order valence-electron chi connectivity index (χ1n) is 6.84. The Labute approximate surface area is 119 Å². The predicted molar refractivity (Wildman–Crippen MR) is 78.1 cm³/mol. The van der Waals surface area contributed by atoms with E-state index >= 15 is 0 Å².